The first-order chi connectivity index (χ1) is 6.63. The Kier molecular flexibility index (Phi) is 3.34. The minimum absolute atomic E-state index is 0.457. The molecule has 1 aromatic rings. The van der Waals surface area contributed by atoms with Crippen molar-refractivity contribution < 1.29 is 9.53 Å². The standard InChI is InChI=1S/C10H14N2O2/c1-3-12-10(13)14-9-6-8(11)5-4-7(9)2/h4-6H,3,11H2,1-2H3,(H,12,13). The second-order valence-corrected chi connectivity index (χ2v) is 2.94. The summed E-state index contributed by atoms with van der Waals surface area (Å²) < 4.78 is 5.04. The highest BCUT2D eigenvalue weighted by Gasteiger charge is 2.05. The molecule has 0 unspecified atom stereocenters. The van der Waals surface area contributed by atoms with Crippen molar-refractivity contribution in [3.05, 3.63) is 23.8 Å². The van der Waals surface area contributed by atoms with Crippen LogP contribution in [0.3, 0.4) is 0 Å². The van der Waals surface area contributed by atoms with E-state index in [2.05, 4.69) is 5.32 Å². The van der Waals surface area contributed by atoms with Crippen LogP contribution in [0.2, 0.25) is 0 Å². The van der Waals surface area contributed by atoms with Crippen LogP contribution in [0.4, 0.5) is 10.5 Å². The lowest BCUT2D eigenvalue weighted by atomic mass is 10.2. The summed E-state index contributed by atoms with van der Waals surface area (Å²) in [7, 11) is 0. The summed E-state index contributed by atoms with van der Waals surface area (Å²) in [6, 6.07) is 5.20. The molecule has 1 aromatic carbocycles. The first-order valence-corrected chi connectivity index (χ1v) is 4.45. The molecule has 4 heteroatoms. The van der Waals surface area contributed by atoms with E-state index in [-0.39, 0.29) is 0 Å². The van der Waals surface area contributed by atoms with Crippen molar-refractivity contribution in [2.75, 3.05) is 12.3 Å². The molecule has 14 heavy (non-hydrogen) atoms. The van der Waals surface area contributed by atoms with Gasteiger partial charge in [-0.1, -0.05) is 6.07 Å². The van der Waals surface area contributed by atoms with Crippen LogP contribution in [0.5, 0.6) is 5.75 Å². The van der Waals surface area contributed by atoms with Gasteiger partial charge >= 0.3 is 6.09 Å². The van der Waals surface area contributed by atoms with Crippen molar-refractivity contribution >= 4 is 11.8 Å². The molecule has 0 saturated carbocycles. The third kappa shape index (κ3) is 2.65. The quantitative estimate of drug-likeness (QED) is 0.704. The summed E-state index contributed by atoms with van der Waals surface area (Å²) in [5.74, 6) is 0.496. The van der Waals surface area contributed by atoms with Crippen LogP contribution in [0.15, 0.2) is 18.2 Å². The van der Waals surface area contributed by atoms with Gasteiger partial charge in [-0.3, -0.25) is 0 Å². The van der Waals surface area contributed by atoms with Crippen molar-refractivity contribution in [3.8, 4) is 5.75 Å². The van der Waals surface area contributed by atoms with Crippen LogP contribution in [0.1, 0.15) is 12.5 Å². The van der Waals surface area contributed by atoms with Gasteiger partial charge in [-0.25, -0.2) is 4.79 Å². The molecular weight excluding hydrogens is 180 g/mol. The molecule has 0 heterocycles. The number of nitrogens with one attached hydrogen (secondary N) is 1. The number of nitrogens with two attached hydrogens (primary N) is 1. The van der Waals surface area contributed by atoms with Gasteiger partial charge in [0.25, 0.3) is 0 Å². The van der Waals surface area contributed by atoms with Crippen LogP contribution >= 0.6 is 0 Å². The Morgan fingerprint density at radius 2 is 2.29 bits per heavy atom. The summed E-state index contributed by atoms with van der Waals surface area (Å²) in [6.45, 7) is 4.22. The van der Waals surface area contributed by atoms with Gasteiger partial charge in [0.1, 0.15) is 5.75 Å². The van der Waals surface area contributed by atoms with E-state index in [0.717, 1.165) is 5.56 Å². The second-order valence-electron chi connectivity index (χ2n) is 2.94. The number of carbonyl (C=O) groups excluding carboxylic acids is 1. The summed E-state index contributed by atoms with van der Waals surface area (Å²) in [4.78, 5) is 11.1. The highest BCUT2D eigenvalue weighted by atomic mass is 16.6. The topological polar surface area (TPSA) is 64.3 Å². The first-order valence-electron chi connectivity index (χ1n) is 4.45. The zero-order valence-corrected chi connectivity index (χ0v) is 8.33. The zero-order chi connectivity index (χ0) is 10.6. The first kappa shape index (κ1) is 10.4. The van der Waals surface area contributed by atoms with E-state index < -0.39 is 6.09 Å². The number of hydrogen-bond donors (Lipinski definition) is 2. The van der Waals surface area contributed by atoms with Crippen LogP contribution in [-0.2, 0) is 0 Å². The molecule has 0 spiro atoms. The summed E-state index contributed by atoms with van der Waals surface area (Å²) in [5, 5.41) is 2.54. The fourth-order valence-corrected chi connectivity index (χ4v) is 1.01. The van der Waals surface area contributed by atoms with Crippen molar-refractivity contribution in [2.45, 2.75) is 13.8 Å². The van der Waals surface area contributed by atoms with Gasteiger partial charge in [0.15, 0.2) is 0 Å². The average Bonchev–Trinajstić information content (AvgIpc) is 2.12. The van der Waals surface area contributed by atoms with Crippen LogP contribution in [0, 0.1) is 6.92 Å². The maximum absolute atomic E-state index is 11.1. The molecule has 0 aromatic heterocycles. The molecule has 0 atom stereocenters. The highest BCUT2D eigenvalue weighted by Crippen LogP contribution is 2.20. The van der Waals surface area contributed by atoms with Gasteiger partial charge in [0.05, 0.1) is 0 Å². The zero-order valence-electron chi connectivity index (χ0n) is 8.33. The molecule has 1 amide bonds. The monoisotopic (exact) mass is 194 g/mol. The maximum atomic E-state index is 11.1. The fourth-order valence-electron chi connectivity index (χ4n) is 1.01. The Hall–Kier alpha value is -1.71. The molecular formula is C10H14N2O2. The van der Waals surface area contributed by atoms with Gasteiger partial charge in [-0.2, -0.15) is 0 Å². The average molecular weight is 194 g/mol. The van der Waals surface area contributed by atoms with Gasteiger partial charge in [0, 0.05) is 18.3 Å². The minimum atomic E-state index is -0.457. The van der Waals surface area contributed by atoms with Crippen LogP contribution < -0.4 is 15.8 Å². The third-order valence-electron chi connectivity index (χ3n) is 1.74. The number of rotatable bonds is 2. The van der Waals surface area contributed by atoms with E-state index in [1.165, 1.54) is 0 Å². The molecule has 0 saturated heterocycles. The van der Waals surface area contributed by atoms with E-state index in [1.54, 1.807) is 12.1 Å². The normalized spacial score (nSPS) is 9.57. The molecule has 0 aliphatic carbocycles. The Morgan fingerprint density at radius 3 is 2.93 bits per heavy atom. The van der Waals surface area contributed by atoms with Gasteiger partial charge in [0.2, 0.25) is 0 Å². The number of ether oxygens (including phenoxy) is 1. The van der Waals surface area contributed by atoms with E-state index in [9.17, 15) is 4.79 Å². The number of benzene rings is 1. The summed E-state index contributed by atoms with van der Waals surface area (Å²) in [6.07, 6.45) is -0.457. The van der Waals surface area contributed by atoms with Gasteiger partial charge < -0.3 is 15.8 Å². The SMILES string of the molecule is CCNC(=O)Oc1cc(N)ccc1C. The molecule has 1 rings (SSSR count). The van der Waals surface area contributed by atoms with E-state index in [4.69, 9.17) is 10.5 Å². The third-order valence-corrected chi connectivity index (χ3v) is 1.74. The fraction of sp³-hybridized carbons (Fsp3) is 0.300. The smallest absolute Gasteiger partial charge is 0.410 e. The molecule has 0 radical (unpaired) electrons. The van der Waals surface area contributed by atoms with E-state index in [1.807, 2.05) is 19.9 Å². The number of aryl methyl sites for hydroxylation is 1. The number of anilines is 1. The molecule has 0 fully saturated rings. The van der Waals surface area contributed by atoms with Crippen molar-refractivity contribution in [1.82, 2.24) is 5.32 Å². The molecule has 76 valence electrons. The van der Waals surface area contributed by atoms with Crippen molar-refractivity contribution in [1.29, 1.82) is 0 Å². The number of nitrogen functional groups attached to an aromatic ring is 1. The van der Waals surface area contributed by atoms with Crippen molar-refractivity contribution in [3.63, 3.8) is 0 Å². The Bertz CT molecular complexity index is 337. The number of hydrogen-bond acceptors (Lipinski definition) is 3. The maximum Gasteiger partial charge on any atom is 0.412 e. The largest absolute Gasteiger partial charge is 0.412 e. The summed E-state index contributed by atoms with van der Waals surface area (Å²) in [5.41, 5.74) is 7.02. The predicted molar refractivity (Wildman–Crippen MR) is 55.3 cm³/mol. The Balaban J connectivity index is 2.75. The number of amides is 1. The number of carbonyl (C=O) groups is 1. The van der Waals surface area contributed by atoms with Crippen LogP contribution in [0.25, 0.3) is 0 Å². The Labute approximate surface area is 83.1 Å². The molecule has 0 bridgehead atoms. The lowest BCUT2D eigenvalue weighted by molar-refractivity contribution is 0.201. The van der Waals surface area contributed by atoms with E-state index >= 15 is 0 Å². The van der Waals surface area contributed by atoms with Gasteiger partial charge in [-0.15, -0.1) is 0 Å². The molecule has 0 aliphatic heterocycles. The molecule has 3 N–H and O–H groups in total. The van der Waals surface area contributed by atoms with Crippen LogP contribution in [-0.4, -0.2) is 12.6 Å². The lowest BCUT2D eigenvalue weighted by Crippen LogP contribution is -2.26. The summed E-state index contributed by atoms with van der Waals surface area (Å²) >= 11 is 0. The van der Waals surface area contributed by atoms with Crippen molar-refractivity contribution in [2.24, 2.45) is 0 Å². The Morgan fingerprint density at radius 1 is 1.57 bits per heavy atom. The molecule has 0 aliphatic rings. The predicted octanol–water partition coefficient (Wildman–Crippen LogP) is 1.69. The van der Waals surface area contributed by atoms with Gasteiger partial charge in [-0.05, 0) is 25.5 Å². The minimum Gasteiger partial charge on any atom is -0.410 e. The van der Waals surface area contributed by atoms with E-state index in [0.29, 0.717) is 18.0 Å². The highest BCUT2D eigenvalue weighted by molar-refractivity contribution is 5.71. The second kappa shape index (κ2) is 4.50. The lowest BCUT2D eigenvalue weighted by Gasteiger charge is -2.07. The molecule has 4 nitrogen and oxygen atoms in total.